The number of amides is 1. The van der Waals surface area contributed by atoms with E-state index < -0.39 is 24.4 Å². The molecule has 15 heavy (non-hydrogen) atoms. The van der Waals surface area contributed by atoms with Gasteiger partial charge in [0.2, 0.25) is 5.91 Å². The van der Waals surface area contributed by atoms with Gasteiger partial charge in [-0.1, -0.05) is 0 Å². The van der Waals surface area contributed by atoms with Gasteiger partial charge in [0.05, 0.1) is 25.4 Å². The predicted molar refractivity (Wildman–Crippen MR) is 50.3 cm³/mol. The van der Waals surface area contributed by atoms with Crippen LogP contribution in [0, 0.1) is 0 Å². The highest BCUT2D eigenvalue weighted by atomic mass is 16.5. The van der Waals surface area contributed by atoms with E-state index in [1.54, 1.807) is 6.92 Å². The fourth-order valence-corrected chi connectivity index (χ4v) is 1.51. The molecule has 0 aromatic carbocycles. The number of carbonyl (C=O) groups is 2. The van der Waals surface area contributed by atoms with Crippen LogP contribution < -0.4 is 0 Å². The molecule has 2 N–H and O–H groups in total. The van der Waals surface area contributed by atoms with Crippen LogP contribution in [0.25, 0.3) is 0 Å². The monoisotopic (exact) mass is 217 g/mol. The van der Waals surface area contributed by atoms with E-state index in [0.717, 1.165) is 0 Å². The summed E-state index contributed by atoms with van der Waals surface area (Å²) in [6.45, 7) is 2.21. The van der Waals surface area contributed by atoms with Gasteiger partial charge in [0.1, 0.15) is 6.42 Å². The minimum absolute atomic E-state index is 0.139. The summed E-state index contributed by atoms with van der Waals surface area (Å²) in [6.07, 6.45) is -0.915. The van der Waals surface area contributed by atoms with Gasteiger partial charge in [-0.25, -0.2) is 0 Å². The molecular formula is C9H15NO5. The van der Waals surface area contributed by atoms with E-state index in [0.29, 0.717) is 6.61 Å². The highest BCUT2D eigenvalue weighted by molar-refractivity contribution is 5.93. The molecule has 2 unspecified atom stereocenters. The molecule has 6 heteroatoms. The molecule has 1 amide bonds. The Kier molecular flexibility index (Phi) is 4.05. The summed E-state index contributed by atoms with van der Waals surface area (Å²) in [4.78, 5) is 23.3. The van der Waals surface area contributed by atoms with Gasteiger partial charge in [0.25, 0.3) is 0 Å². The Morgan fingerprint density at radius 2 is 2.20 bits per heavy atom. The molecule has 86 valence electrons. The number of aliphatic hydroxyl groups is 1. The Bertz CT molecular complexity index is 255. The number of nitrogens with zero attached hydrogens (tertiary/aromatic N) is 1. The Morgan fingerprint density at radius 1 is 1.53 bits per heavy atom. The van der Waals surface area contributed by atoms with Gasteiger partial charge in [-0.05, 0) is 6.92 Å². The lowest BCUT2D eigenvalue weighted by molar-refractivity contribution is -0.152. The largest absolute Gasteiger partial charge is 0.481 e. The molecule has 2 atom stereocenters. The molecule has 0 aliphatic carbocycles. The topological polar surface area (TPSA) is 87.1 Å². The zero-order valence-electron chi connectivity index (χ0n) is 8.55. The van der Waals surface area contributed by atoms with Crippen molar-refractivity contribution in [2.24, 2.45) is 0 Å². The van der Waals surface area contributed by atoms with Crippen molar-refractivity contribution in [2.75, 3.05) is 19.8 Å². The third-order valence-corrected chi connectivity index (χ3v) is 2.33. The van der Waals surface area contributed by atoms with E-state index in [4.69, 9.17) is 14.9 Å². The average Bonchev–Trinajstić information content (AvgIpc) is 2.17. The van der Waals surface area contributed by atoms with Gasteiger partial charge in [-0.2, -0.15) is 0 Å². The number of hydrogen-bond donors (Lipinski definition) is 2. The van der Waals surface area contributed by atoms with Crippen molar-refractivity contribution >= 4 is 11.9 Å². The maximum Gasteiger partial charge on any atom is 0.312 e. The molecule has 1 aliphatic rings. The minimum Gasteiger partial charge on any atom is -0.481 e. The molecule has 0 aromatic rings. The van der Waals surface area contributed by atoms with Gasteiger partial charge in [0, 0.05) is 6.54 Å². The van der Waals surface area contributed by atoms with Crippen molar-refractivity contribution in [2.45, 2.75) is 25.5 Å². The molecular weight excluding hydrogens is 202 g/mol. The molecule has 0 aromatic heterocycles. The van der Waals surface area contributed by atoms with Crippen LogP contribution in [-0.4, -0.2) is 58.9 Å². The maximum absolute atomic E-state index is 11.5. The molecule has 0 bridgehead atoms. The molecule has 0 spiro atoms. The molecule has 6 nitrogen and oxygen atoms in total. The third-order valence-electron chi connectivity index (χ3n) is 2.33. The fraction of sp³-hybridized carbons (Fsp3) is 0.778. The van der Waals surface area contributed by atoms with Gasteiger partial charge in [-0.15, -0.1) is 0 Å². The van der Waals surface area contributed by atoms with Crippen molar-refractivity contribution in [3.8, 4) is 0 Å². The zero-order chi connectivity index (χ0) is 11.4. The molecule has 0 saturated carbocycles. The van der Waals surface area contributed by atoms with Gasteiger partial charge in [0.15, 0.2) is 0 Å². The molecule has 1 fully saturated rings. The summed E-state index contributed by atoms with van der Waals surface area (Å²) in [5.41, 5.74) is 0. The summed E-state index contributed by atoms with van der Waals surface area (Å²) in [6, 6.07) is -0.139. The van der Waals surface area contributed by atoms with E-state index in [9.17, 15) is 9.59 Å². The normalized spacial score (nSPS) is 26.4. The Morgan fingerprint density at radius 3 is 2.73 bits per heavy atom. The van der Waals surface area contributed by atoms with Crippen LogP contribution in [0.5, 0.6) is 0 Å². The number of aliphatic hydroxyl groups excluding tert-OH is 1. The van der Waals surface area contributed by atoms with Crippen molar-refractivity contribution in [1.29, 1.82) is 0 Å². The van der Waals surface area contributed by atoms with Crippen LogP contribution in [0.4, 0.5) is 0 Å². The van der Waals surface area contributed by atoms with E-state index >= 15 is 0 Å². The molecule has 0 radical (unpaired) electrons. The number of morpholine rings is 1. The highest BCUT2D eigenvalue weighted by Gasteiger charge is 2.29. The highest BCUT2D eigenvalue weighted by Crippen LogP contribution is 2.12. The lowest BCUT2D eigenvalue weighted by Gasteiger charge is -2.37. The number of carbonyl (C=O) groups excluding carboxylic acids is 1. The minimum atomic E-state index is -1.14. The number of aliphatic carboxylic acids is 1. The first-order chi connectivity index (χ1) is 7.04. The first kappa shape index (κ1) is 11.9. The van der Waals surface area contributed by atoms with Crippen molar-refractivity contribution < 1.29 is 24.5 Å². The number of ether oxygens (including phenoxy) is 1. The molecule has 1 rings (SSSR count). The second kappa shape index (κ2) is 5.09. The quantitative estimate of drug-likeness (QED) is 0.596. The second-order valence-electron chi connectivity index (χ2n) is 3.60. The first-order valence-corrected chi connectivity index (χ1v) is 4.78. The maximum atomic E-state index is 11.5. The summed E-state index contributed by atoms with van der Waals surface area (Å²) < 4.78 is 5.23. The number of carboxylic acid groups (broad SMARTS) is 1. The molecule has 1 aliphatic heterocycles. The molecule has 1 saturated heterocycles. The van der Waals surface area contributed by atoms with Crippen LogP contribution >= 0.6 is 0 Å². The SMILES string of the molecule is CC1COC(CO)CN1C(=O)CC(=O)O. The Labute approximate surface area is 87.4 Å². The average molecular weight is 217 g/mol. The number of rotatable bonds is 3. The van der Waals surface area contributed by atoms with Crippen LogP contribution in [-0.2, 0) is 14.3 Å². The van der Waals surface area contributed by atoms with Crippen molar-refractivity contribution in [3.63, 3.8) is 0 Å². The smallest absolute Gasteiger partial charge is 0.312 e. The van der Waals surface area contributed by atoms with E-state index in [2.05, 4.69) is 0 Å². The summed E-state index contributed by atoms with van der Waals surface area (Å²) in [5, 5.41) is 17.4. The molecule has 1 heterocycles. The van der Waals surface area contributed by atoms with Gasteiger partial charge < -0.3 is 19.8 Å². The van der Waals surface area contributed by atoms with Gasteiger partial charge in [-0.3, -0.25) is 9.59 Å². The van der Waals surface area contributed by atoms with Crippen molar-refractivity contribution in [3.05, 3.63) is 0 Å². The number of hydrogen-bond acceptors (Lipinski definition) is 4. The third kappa shape index (κ3) is 3.17. The van der Waals surface area contributed by atoms with Crippen LogP contribution in [0.15, 0.2) is 0 Å². The van der Waals surface area contributed by atoms with E-state index in [-0.39, 0.29) is 19.2 Å². The van der Waals surface area contributed by atoms with Crippen LogP contribution in [0.2, 0.25) is 0 Å². The van der Waals surface area contributed by atoms with Crippen LogP contribution in [0.1, 0.15) is 13.3 Å². The standard InChI is InChI=1S/C9H15NO5/c1-6-5-15-7(4-11)3-10(6)8(12)2-9(13)14/h6-7,11H,2-5H2,1H3,(H,13,14). The Hall–Kier alpha value is -1.14. The Balaban J connectivity index is 2.57. The first-order valence-electron chi connectivity index (χ1n) is 4.78. The second-order valence-corrected chi connectivity index (χ2v) is 3.60. The lowest BCUT2D eigenvalue weighted by atomic mass is 10.2. The zero-order valence-corrected chi connectivity index (χ0v) is 8.55. The number of carboxylic acids is 1. The summed E-state index contributed by atoms with van der Waals surface area (Å²) >= 11 is 0. The van der Waals surface area contributed by atoms with Gasteiger partial charge >= 0.3 is 5.97 Å². The fourth-order valence-electron chi connectivity index (χ4n) is 1.51. The predicted octanol–water partition coefficient (Wildman–Crippen LogP) is -0.931. The summed E-state index contributed by atoms with van der Waals surface area (Å²) in [7, 11) is 0. The summed E-state index contributed by atoms with van der Waals surface area (Å²) in [5.74, 6) is -1.57. The van der Waals surface area contributed by atoms with Crippen molar-refractivity contribution in [1.82, 2.24) is 4.90 Å². The van der Waals surface area contributed by atoms with Crippen LogP contribution in [0.3, 0.4) is 0 Å². The van der Waals surface area contributed by atoms with E-state index in [1.807, 2.05) is 0 Å². The lowest BCUT2D eigenvalue weighted by Crippen LogP contribution is -2.52. The van der Waals surface area contributed by atoms with E-state index in [1.165, 1.54) is 4.90 Å².